The van der Waals surface area contributed by atoms with Crippen LogP contribution in [0.5, 0.6) is 0 Å². The summed E-state index contributed by atoms with van der Waals surface area (Å²) < 4.78 is 0. The Hall–Kier alpha value is -3.90. The van der Waals surface area contributed by atoms with Crippen molar-refractivity contribution in [2.45, 2.75) is 13.3 Å². The quantitative estimate of drug-likeness (QED) is 0.466. The molecule has 35 heavy (non-hydrogen) atoms. The summed E-state index contributed by atoms with van der Waals surface area (Å²) in [6.07, 6.45) is 0.976. The first kappa shape index (κ1) is 24.2. The van der Waals surface area contributed by atoms with Gasteiger partial charge in [-0.1, -0.05) is 48.5 Å². The molecule has 0 aromatic heterocycles. The lowest BCUT2D eigenvalue weighted by Crippen LogP contribution is -2.26. The fourth-order valence-corrected chi connectivity index (χ4v) is 4.05. The van der Waals surface area contributed by atoms with Crippen molar-refractivity contribution in [1.82, 2.24) is 9.80 Å². The van der Waals surface area contributed by atoms with E-state index in [1.165, 1.54) is 5.56 Å². The van der Waals surface area contributed by atoms with E-state index in [-0.39, 0.29) is 11.8 Å². The van der Waals surface area contributed by atoms with E-state index in [0.29, 0.717) is 23.4 Å². The fourth-order valence-electron chi connectivity index (χ4n) is 4.05. The Balaban J connectivity index is 1.72. The normalized spacial score (nSPS) is 13.9. The van der Waals surface area contributed by atoms with Gasteiger partial charge in [0.25, 0.3) is 11.8 Å². The van der Waals surface area contributed by atoms with Gasteiger partial charge in [-0.25, -0.2) is 0 Å². The molecule has 0 spiro atoms. The molecular formula is C29H32N4O2. The van der Waals surface area contributed by atoms with Gasteiger partial charge >= 0.3 is 0 Å². The second-order valence-electron chi connectivity index (χ2n) is 9.03. The van der Waals surface area contributed by atoms with E-state index in [0.717, 1.165) is 35.5 Å². The highest BCUT2D eigenvalue weighted by Crippen LogP contribution is 2.38. The van der Waals surface area contributed by atoms with E-state index < -0.39 is 0 Å². The number of hydrogen-bond acceptors (Lipinski definition) is 4. The van der Waals surface area contributed by atoms with Crippen LogP contribution in [0.2, 0.25) is 0 Å². The zero-order valence-corrected chi connectivity index (χ0v) is 20.8. The molecule has 180 valence electrons. The standard InChI is InChI=1S/C29H32N4O2/c1-5-33(4)29(35)22-13-16-24-25(19-22)31-28(34)26(24)27(21-9-7-6-8-10-21)30-23-14-11-20(12-15-23)17-18-32(2)3/h6-16,19,30H,5,17-18H2,1-4H3,(H,31,34)/b27-26-. The van der Waals surface area contributed by atoms with E-state index >= 15 is 0 Å². The van der Waals surface area contributed by atoms with Gasteiger partial charge in [0.1, 0.15) is 0 Å². The molecule has 0 unspecified atom stereocenters. The minimum absolute atomic E-state index is 0.0715. The first-order chi connectivity index (χ1) is 16.9. The summed E-state index contributed by atoms with van der Waals surface area (Å²) in [6.45, 7) is 3.53. The Morgan fingerprint density at radius 1 is 0.914 bits per heavy atom. The molecule has 6 nitrogen and oxygen atoms in total. The van der Waals surface area contributed by atoms with Crippen LogP contribution in [0, 0.1) is 0 Å². The van der Waals surface area contributed by atoms with Crippen molar-refractivity contribution in [1.29, 1.82) is 0 Å². The lowest BCUT2D eigenvalue weighted by atomic mass is 9.98. The second-order valence-corrected chi connectivity index (χ2v) is 9.03. The first-order valence-electron chi connectivity index (χ1n) is 11.9. The van der Waals surface area contributed by atoms with Gasteiger partial charge in [-0.2, -0.15) is 0 Å². The Morgan fingerprint density at radius 3 is 2.29 bits per heavy atom. The van der Waals surface area contributed by atoms with Crippen LogP contribution in [0.25, 0.3) is 11.3 Å². The summed E-state index contributed by atoms with van der Waals surface area (Å²) in [7, 11) is 5.90. The van der Waals surface area contributed by atoms with Gasteiger partial charge in [-0.05, 0) is 62.8 Å². The summed E-state index contributed by atoms with van der Waals surface area (Å²) in [5, 5.41) is 6.46. The third-order valence-corrected chi connectivity index (χ3v) is 6.22. The van der Waals surface area contributed by atoms with Crippen LogP contribution in [-0.4, -0.2) is 55.8 Å². The van der Waals surface area contributed by atoms with Crippen LogP contribution in [0.1, 0.15) is 34.0 Å². The number of carbonyl (C=O) groups excluding carboxylic acids is 2. The summed E-state index contributed by atoms with van der Waals surface area (Å²) in [5.41, 5.74) is 6.34. The SMILES string of the molecule is CCN(C)C(=O)c1ccc2c(c1)NC(=O)/C2=C(\Nc1ccc(CCN(C)C)cc1)c1ccccc1. The molecule has 1 aliphatic rings. The molecule has 4 rings (SSSR count). The number of carbonyl (C=O) groups is 2. The second kappa shape index (κ2) is 10.6. The maximum Gasteiger partial charge on any atom is 0.258 e. The molecule has 2 amide bonds. The highest BCUT2D eigenvalue weighted by Gasteiger charge is 2.29. The Morgan fingerprint density at radius 2 is 1.63 bits per heavy atom. The smallest absolute Gasteiger partial charge is 0.258 e. The fraction of sp³-hybridized carbons (Fsp3) is 0.241. The number of rotatable bonds is 8. The highest BCUT2D eigenvalue weighted by molar-refractivity contribution is 6.37. The number of nitrogens with one attached hydrogen (secondary N) is 2. The molecular weight excluding hydrogens is 436 g/mol. The molecule has 2 N–H and O–H groups in total. The monoisotopic (exact) mass is 468 g/mol. The number of fused-ring (bicyclic) bond motifs is 1. The average Bonchev–Trinajstić information content (AvgIpc) is 3.20. The van der Waals surface area contributed by atoms with Crippen LogP contribution in [0.4, 0.5) is 11.4 Å². The third kappa shape index (κ3) is 5.44. The molecule has 0 aliphatic carbocycles. The molecule has 1 aliphatic heterocycles. The maximum atomic E-state index is 13.2. The van der Waals surface area contributed by atoms with E-state index in [2.05, 4.69) is 41.8 Å². The number of likely N-dealkylation sites (N-methyl/N-ethyl adjacent to an activating group) is 1. The average molecular weight is 469 g/mol. The predicted octanol–water partition coefficient (Wildman–Crippen LogP) is 4.82. The summed E-state index contributed by atoms with van der Waals surface area (Å²) in [5.74, 6) is -0.264. The summed E-state index contributed by atoms with van der Waals surface area (Å²) in [4.78, 5) is 29.6. The zero-order chi connectivity index (χ0) is 24.9. The van der Waals surface area contributed by atoms with Gasteiger partial charge in [0.2, 0.25) is 0 Å². The van der Waals surface area contributed by atoms with Gasteiger partial charge in [-0.15, -0.1) is 0 Å². The van der Waals surface area contributed by atoms with Crippen molar-refractivity contribution >= 4 is 34.5 Å². The van der Waals surface area contributed by atoms with Gasteiger partial charge in [0.05, 0.1) is 11.3 Å². The van der Waals surface area contributed by atoms with Crippen molar-refractivity contribution in [3.8, 4) is 0 Å². The van der Waals surface area contributed by atoms with Gasteiger partial charge in [0, 0.05) is 42.6 Å². The maximum absolute atomic E-state index is 13.2. The molecule has 3 aromatic carbocycles. The van der Waals surface area contributed by atoms with Crippen molar-refractivity contribution in [2.75, 3.05) is 44.9 Å². The molecule has 6 heteroatoms. The minimum Gasteiger partial charge on any atom is -0.354 e. The minimum atomic E-state index is -0.192. The molecule has 0 bridgehead atoms. The van der Waals surface area contributed by atoms with Crippen LogP contribution in [0.3, 0.4) is 0 Å². The predicted molar refractivity (Wildman–Crippen MR) is 143 cm³/mol. The Labute approximate surface area is 207 Å². The Kier molecular flexibility index (Phi) is 7.32. The lowest BCUT2D eigenvalue weighted by Gasteiger charge is -2.16. The first-order valence-corrected chi connectivity index (χ1v) is 11.9. The van der Waals surface area contributed by atoms with Crippen molar-refractivity contribution in [3.63, 3.8) is 0 Å². The van der Waals surface area contributed by atoms with Gasteiger partial charge in [-0.3, -0.25) is 9.59 Å². The van der Waals surface area contributed by atoms with Crippen LogP contribution < -0.4 is 10.6 Å². The van der Waals surface area contributed by atoms with Crippen LogP contribution >= 0.6 is 0 Å². The van der Waals surface area contributed by atoms with E-state index in [1.807, 2.05) is 55.5 Å². The largest absolute Gasteiger partial charge is 0.354 e. The molecule has 0 saturated heterocycles. The zero-order valence-electron chi connectivity index (χ0n) is 20.8. The van der Waals surface area contributed by atoms with Crippen molar-refractivity contribution in [3.05, 3.63) is 95.1 Å². The molecule has 3 aromatic rings. The molecule has 0 radical (unpaired) electrons. The lowest BCUT2D eigenvalue weighted by molar-refractivity contribution is -0.110. The number of amides is 2. The molecule has 0 saturated carbocycles. The topological polar surface area (TPSA) is 64.7 Å². The highest BCUT2D eigenvalue weighted by atomic mass is 16.2. The molecule has 0 fully saturated rings. The van der Waals surface area contributed by atoms with E-state index in [1.54, 1.807) is 24.1 Å². The van der Waals surface area contributed by atoms with Gasteiger partial charge in [0.15, 0.2) is 0 Å². The number of nitrogens with zero attached hydrogens (tertiary/aromatic N) is 2. The van der Waals surface area contributed by atoms with Crippen molar-refractivity contribution in [2.24, 2.45) is 0 Å². The van der Waals surface area contributed by atoms with E-state index in [4.69, 9.17) is 0 Å². The number of benzene rings is 3. The number of hydrogen-bond donors (Lipinski definition) is 2. The number of anilines is 2. The van der Waals surface area contributed by atoms with Gasteiger partial charge < -0.3 is 20.4 Å². The molecule has 0 atom stereocenters. The summed E-state index contributed by atoms with van der Waals surface area (Å²) >= 11 is 0. The van der Waals surface area contributed by atoms with Crippen molar-refractivity contribution < 1.29 is 9.59 Å². The van der Waals surface area contributed by atoms with E-state index in [9.17, 15) is 9.59 Å². The van der Waals surface area contributed by atoms with Crippen LogP contribution in [0.15, 0.2) is 72.8 Å². The third-order valence-electron chi connectivity index (χ3n) is 6.22. The summed E-state index contributed by atoms with van der Waals surface area (Å²) in [6, 6.07) is 23.6. The van der Waals surface area contributed by atoms with Crippen LogP contribution in [-0.2, 0) is 11.2 Å². The molecule has 1 heterocycles. The Bertz CT molecular complexity index is 1250.